The summed E-state index contributed by atoms with van der Waals surface area (Å²) in [5.41, 5.74) is 1.07. The zero-order valence-electron chi connectivity index (χ0n) is 13.6. The van der Waals surface area contributed by atoms with Gasteiger partial charge in [-0.05, 0) is 24.1 Å². The third-order valence-electron chi connectivity index (χ3n) is 4.53. The first kappa shape index (κ1) is 17.0. The van der Waals surface area contributed by atoms with E-state index in [1.807, 2.05) is 24.3 Å². The standard InChI is InChI=1S/C17H21ClN2O4/c1-23-8-6-16(21)19-10-14-15(11-19)24-17(22)20(14)7-5-12-3-2-4-13(18)9-12/h2-4,9,14-15H,5-8,10-11H2,1H3/t14-,15+/m0/s1. The van der Waals surface area contributed by atoms with Crippen molar-refractivity contribution < 1.29 is 19.1 Å². The van der Waals surface area contributed by atoms with Crippen LogP contribution in [0.1, 0.15) is 12.0 Å². The fourth-order valence-electron chi connectivity index (χ4n) is 3.25. The van der Waals surface area contributed by atoms with Crippen molar-refractivity contribution in [2.75, 3.05) is 33.4 Å². The van der Waals surface area contributed by atoms with Crippen molar-refractivity contribution >= 4 is 23.6 Å². The average molecular weight is 353 g/mol. The highest BCUT2D eigenvalue weighted by atomic mass is 35.5. The maximum Gasteiger partial charge on any atom is 0.410 e. The Morgan fingerprint density at radius 1 is 1.42 bits per heavy atom. The van der Waals surface area contributed by atoms with E-state index in [1.54, 1.807) is 16.9 Å². The van der Waals surface area contributed by atoms with Gasteiger partial charge in [-0.15, -0.1) is 0 Å². The number of likely N-dealkylation sites (tertiary alicyclic amines) is 1. The largest absolute Gasteiger partial charge is 0.442 e. The Kier molecular flexibility index (Phi) is 5.26. The SMILES string of the molecule is COCCC(=O)N1C[C@H]2OC(=O)N(CCc3cccc(Cl)c3)[C@H]2C1. The molecule has 0 saturated carbocycles. The molecule has 2 atom stereocenters. The monoisotopic (exact) mass is 352 g/mol. The Hall–Kier alpha value is -1.79. The third kappa shape index (κ3) is 3.65. The number of halogens is 1. The van der Waals surface area contributed by atoms with E-state index in [0.717, 1.165) is 5.56 Å². The minimum Gasteiger partial charge on any atom is -0.442 e. The smallest absolute Gasteiger partial charge is 0.410 e. The van der Waals surface area contributed by atoms with E-state index in [1.165, 1.54) is 0 Å². The molecular weight excluding hydrogens is 332 g/mol. The van der Waals surface area contributed by atoms with Crippen LogP contribution in [0.2, 0.25) is 5.02 Å². The van der Waals surface area contributed by atoms with E-state index < -0.39 is 0 Å². The van der Waals surface area contributed by atoms with Crippen LogP contribution in [0.4, 0.5) is 4.79 Å². The van der Waals surface area contributed by atoms with Crippen molar-refractivity contribution in [3.63, 3.8) is 0 Å². The summed E-state index contributed by atoms with van der Waals surface area (Å²) in [5.74, 6) is 0.0390. The van der Waals surface area contributed by atoms with Gasteiger partial charge in [0.2, 0.25) is 5.91 Å². The molecule has 2 heterocycles. The summed E-state index contributed by atoms with van der Waals surface area (Å²) in [7, 11) is 1.57. The van der Waals surface area contributed by atoms with Crippen LogP contribution in [-0.4, -0.2) is 67.3 Å². The Labute approximate surface area is 146 Å². The van der Waals surface area contributed by atoms with Crippen molar-refractivity contribution in [3.05, 3.63) is 34.9 Å². The summed E-state index contributed by atoms with van der Waals surface area (Å²) in [6.07, 6.45) is 0.530. The number of amides is 2. The van der Waals surface area contributed by atoms with E-state index in [-0.39, 0.29) is 24.1 Å². The maximum absolute atomic E-state index is 12.1. The van der Waals surface area contributed by atoms with Crippen LogP contribution in [0.3, 0.4) is 0 Å². The number of rotatable bonds is 6. The first-order valence-electron chi connectivity index (χ1n) is 8.07. The van der Waals surface area contributed by atoms with E-state index >= 15 is 0 Å². The zero-order valence-corrected chi connectivity index (χ0v) is 14.4. The summed E-state index contributed by atoms with van der Waals surface area (Å²) in [5, 5.41) is 0.685. The highest BCUT2D eigenvalue weighted by Crippen LogP contribution is 2.27. The number of nitrogens with zero attached hydrogens (tertiary/aromatic N) is 2. The van der Waals surface area contributed by atoms with E-state index in [0.29, 0.717) is 44.1 Å². The molecule has 0 radical (unpaired) electrons. The molecule has 1 aromatic carbocycles. The predicted molar refractivity (Wildman–Crippen MR) is 89.0 cm³/mol. The van der Waals surface area contributed by atoms with Crippen molar-refractivity contribution in [2.24, 2.45) is 0 Å². The van der Waals surface area contributed by atoms with Crippen LogP contribution < -0.4 is 0 Å². The fourth-order valence-corrected chi connectivity index (χ4v) is 3.47. The Morgan fingerprint density at radius 3 is 3.00 bits per heavy atom. The van der Waals surface area contributed by atoms with Crippen LogP contribution >= 0.6 is 11.6 Å². The lowest BCUT2D eigenvalue weighted by Crippen LogP contribution is -2.40. The maximum atomic E-state index is 12.1. The quantitative estimate of drug-likeness (QED) is 0.785. The minimum absolute atomic E-state index is 0.0390. The second-order valence-corrected chi connectivity index (χ2v) is 6.54. The van der Waals surface area contributed by atoms with Crippen molar-refractivity contribution in [1.82, 2.24) is 9.80 Å². The number of carbonyl (C=O) groups excluding carboxylic acids is 2. The lowest BCUT2D eigenvalue weighted by Gasteiger charge is -2.22. The molecule has 1 aromatic rings. The molecule has 6 nitrogen and oxygen atoms in total. The first-order valence-corrected chi connectivity index (χ1v) is 8.44. The molecular formula is C17H21ClN2O4. The van der Waals surface area contributed by atoms with Crippen LogP contribution in [0.25, 0.3) is 0 Å². The van der Waals surface area contributed by atoms with Crippen molar-refractivity contribution in [2.45, 2.75) is 25.0 Å². The summed E-state index contributed by atoms with van der Waals surface area (Å²) >= 11 is 5.99. The fraction of sp³-hybridized carbons (Fsp3) is 0.529. The van der Waals surface area contributed by atoms with Gasteiger partial charge in [-0.25, -0.2) is 4.79 Å². The molecule has 3 rings (SSSR count). The van der Waals surface area contributed by atoms with Gasteiger partial charge < -0.3 is 14.4 Å². The van der Waals surface area contributed by atoms with Crippen LogP contribution in [0.15, 0.2) is 24.3 Å². The predicted octanol–water partition coefficient (Wildman–Crippen LogP) is 1.95. The molecule has 0 aliphatic carbocycles. The number of fused-ring (bicyclic) bond motifs is 1. The molecule has 0 unspecified atom stereocenters. The van der Waals surface area contributed by atoms with Gasteiger partial charge >= 0.3 is 6.09 Å². The van der Waals surface area contributed by atoms with Gasteiger partial charge in [-0.1, -0.05) is 23.7 Å². The van der Waals surface area contributed by atoms with E-state index in [2.05, 4.69) is 0 Å². The number of ether oxygens (including phenoxy) is 2. The minimum atomic E-state index is -0.295. The van der Waals surface area contributed by atoms with Gasteiger partial charge in [0.15, 0.2) is 0 Å². The summed E-state index contributed by atoms with van der Waals surface area (Å²) in [6.45, 7) is 1.95. The summed E-state index contributed by atoms with van der Waals surface area (Å²) in [6, 6.07) is 7.54. The van der Waals surface area contributed by atoms with Gasteiger partial charge in [0, 0.05) is 25.2 Å². The Bertz CT molecular complexity index is 624. The number of benzene rings is 1. The van der Waals surface area contributed by atoms with Gasteiger partial charge in [0.05, 0.1) is 25.6 Å². The molecule has 0 N–H and O–H groups in total. The summed E-state index contributed by atoms with van der Waals surface area (Å²) < 4.78 is 10.4. The molecule has 0 spiro atoms. The average Bonchev–Trinajstić information content (AvgIpc) is 3.08. The molecule has 0 bridgehead atoms. The molecule has 130 valence electrons. The molecule has 0 aromatic heterocycles. The lowest BCUT2D eigenvalue weighted by atomic mass is 10.1. The molecule has 2 aliphatic heterocycles. The van der Waals surface area contributed by atoms with Crippen LogP contribution in [-0.2, 0) is 20.7 Å². The van der Waals surface area contributed by atoms with Gasteiger partial charge in [0.25, 0.3) is 0 Å². The molecule has 2 amide bonds. The second kappa shape index (κ2) is 7.40. The third-order valence-corrected chi connectivity index (χ3v) is 4.76. The summed E-state index contributed by atoms with van der Waals surface area (Å²) in [4.78, 5) is 27.7. The molecule has 2 saturated heterocycles. The topological polar surface area (TPSA) is 59.1 Å². The van der Waals surface area contributed by atoms with Crippen molar-refractivity contribution in [1.29, 1.82) is 0 Å². The normalized spacial score (nSPS) is 22.7. The number of methoxy groups -OCH3 is 1. The van der Waals surface area contributed by atoms with E-state index in [9.17, 15) is 9.59 Å². The number of carbonyl (C=O) groups is 2. The lowest BCUT2D eigenvalue weighted by molar-refractivity contribution is -0.131. The molecule has 2 fully saturated rings. The number of hydrogen-bond acceptors (Lipinski definition) is 4. The second-order valence-electron chi connectivity index (χ2n) is 6.10. The highest BCUT2D eigenvalue weighted by Gasteiger charge is 2.48. The molecule has 24 heavy (non-hydrogen) atoms. The van der Waals surface area contributed by atoms with Gasteiger partial charge in [-0.3, -0.25) is 9.69 Å². The van der Waals surface area contributed by atoms with Gasteiger partial charge in [0.1, 0.15) is 6.10 Å². The van der Waals surface area contributed by atoms with Gasteiger partial charge in [-0.2, -0.15) is 0 Å². The van der Waals surface area contributed by atoms with E-state index in [4.69, 9.17) is 21.1 Å². The number of hydrogen-bond donors (Lipinski definition) is 0. The zero-order chi connectivity index (χ0) is 17.1. The van der Waals surface area contributed by atoms with Crippen LogP contribution in [0, 0.1) is 0 Å². The van der Waals surface area contributed by atoms with Crippen molar-refractivity contribution in [3.8, 4) is 0 Å². The van der Waals surface area contributed by atoms with Crippen LogP contribution in [0.5, 0.6) is 0 Å². The Morgan fingerprint density at radius 2 is 2.25 bits per heavy atom. The molecule has 7 heteroatoms. The molecule has 2 aliphatic rings. The highest BCUT2D eigenvalue weighted by molar-refractivity contribution is 6.30. The Balaban J connectivity index is 1.58. The first-order chi connectivity index (χ1) is 11.6.